The van der Waals surface area contributed by atoms with Crippen molar-refractivity contribution in [3.63, 3.8) is 0 Å². The number of carbonyl (C=O) groups is 2. The number of nitrogens with zero attached hydrogens (tertiary/aromatic N) is 3. The Labute approximate surface area is 208 Å². The van der Waals surface area contributed by atoms with E-state index < -0.39 is 0 Å². The third-order valence-corrected chi connectivity index (χ3v) is 8.06. The van der Waals surface area contributed by atoms with Crippen molar-refractivity contribution in [1.29, 1.82) is 0 Å². The number of benzene rings is 1. The van der Waals surface area contributed by atoms with Crippen LogP contribution in [0.25, 0.3) is 11.1 Å². The maximum atomic E-state index is 13.2. The molecule has 1 aliphatic heterocycles. The van der Waals surface area contributed by atoms with E-state index in [1.807, 2.05) is 35.2 Å². The summed E-state index contributed by atoms with van der Waals surface area (Å²) in [4.78, 5) is 42.6. The molecule has 6 heteroatoms. The average molecular weight is 478 g/mol. The van der Waals surface area contributed by atoms with E-state index in [9.17, 15) is 14.4 Å². The molecule has 1 atom stereocenters. The highest BCUT2D eigenvalue weighted by Gasteiger charge is 2.38. The molecule has 35 heavy (non-hydrogen) atoms. The Kier molecular flexibility index (Phi) is 7.48. The molecular weight excluding hydrogens is 438 g/mol. The molecule has 0 bridgehead atoms. The van der Waals surface area contributed by atoms with Crippen molar-refractivity contribution >= 4 is 11.8 Å². The Hall–Kier alpha value is -2.89. The van der Waals surface area contributed by atoms with E-state index in [2.05, 4.69) is 13.8 Å². The first-order chi connectivity index (χ1) is 16.7. The summed E-state index contributed by atoms with van der Waals surface area (Å²) in [6.07, 6.45) is 8.12. The molecule has 1 aromatic carbocycles. The first-order valence-corrected chi connectivity index (χ1v) is 12.9. The normalized spacial score (nSPS) is 19.8. The minimum Gasteiger partial charge on any atom is -0.345 e. The van der Waals surface area contributed by atoms with Crippen LogP contribution in [0.2, 0.25) is 0 Å². The lowest BCUT2D eigenvalue weighted by Gasteiger charge is -2.44. The van der Waals surface area contributed by atoms with Gasteiger partial charge in [-0.25, -0.2) is 0 Å². The Bertz CT molecular complexity index is 1120. The zero-order chi connectivity index (χ0) is 25.2. The molecule has 4 rings (SSSR count). The Morgan fingerprint density at radius 3 is 2.40 bits per heavy atom. The Morgan fingerprint density at radius 1 is 1.09 bits per heavy atom. The van der Waals surface area contributed by atoms with Gasteiger partial charge in [-0.2, -0.15) is 0 Å². The van der Waals surface area contributed by atoms with Gasteiger partial charge in [-0.15, -0.1) is 0 Å². The van der Waals surface area contributed by atoms with E-state index in [4.69, 9.17) is 0 Å². The lowest BCUT2D eigenvalue weighted by atomic mass is 9.73. The van der Waals surface area contributed by atoms with Crippen LogP contribution in [0.15, 0.2) is 47.4 Å². The van der Waals surface area contributed by atoms with Crippen LogP contribution in [0.4, 0.5) is 0 Å². The molecule has 2 amide bonds. The minimum atomic E-state index is -0.122. The number of likely N-dealkylation sites (tertiary alicyclic amines) is 1. The van der Waals surface area contributed by atoms with Crippen LogP contribution in [0.1, 0.15) is 62.7 Å². The molecule has 0 N–H and O–H groups in total. The summed E-state index contributed by atoms with van der Waals surface area (Å²) in [6, 6.07) is 11.2. The summed E-state index contributed by atoms with van der Waals surface area (Å²) in [6.45, 7) is 6.37. The second-order valence-electron chi connectivity index (χ2n) is 11.3. The molecule has 1 aromatic heterocycles. The maximum absolute atomic E-state index is 13.2. The number of hydrogen-bond acceptors (Lipinski definition) is 3. The minimum absolute atomic E-state index is 0.103. The second kappa shape index (κ2) is 10.4. The molecule has 1 aliphatic carbocycles. The van der Waals surface area contributed by atoms with Gasteiger partial charge in [0.05, 0.1) is 5.56 Å². The smallest absolute Gasteiger partial charge is 0.255 e. The van der Waals surface area contributed by atoms with Crippen molar-refractivity contribution in [2.75, 3.05) is 27.2 Å². The molecule has 2 aliphatic rings. The first-order valence-electron chi connectivity index (χ1n) is 12.9. The van der Waals surface area contributed by atoms with Gasteiger partial charge in [-0.1, -0.05) is 63.4 Å². The molecule has 1 saturated heterocycles. The van der Waals surface area contributed by atoms with Crippen LogP contribution >= 0.6 is 0 Å². The van der Waals surface area contributed by atoms with Crippen LogP contribution in [0.5, 0.6) is 0 Å². The van der Waals surface area contributed by atoms with Gasteiger partial charge in [-0.3, -0.25) is 14.4 Å². The lowest BCUT2D eigenvalue weighted by Crippen LogP contribution is -2.49. The second-order valence-corrected chi connectivity index (χ2v) is 11.3. The van der Waals surface area contributed by atoms with Crippen molar-refractivity contribution in [2.45, 2.75) is 58.9 Å². The number of carbonyl (C=O) groups excluding carboxylic acids is 2. The zero-order valence-corrected chi connectivity index (χ0v) is 21.6. The summed E-state index contributed by atoms with van der Waals surface area (Å²) in [5.74, 6) is 1.13. The van der Waals surface area contributed by atoms with Crippen molar-refractivity contribution in [3.05, 3.63) is 58.5 Å². The molecule has 2 fully saturated rings. The summed E-state index contributed by atoms with van der Waals surface area (Å²) in [5.41, 5.74) is 1.83. The average Bonchev–Trinajstić information content (AvgIpc) is 2.79. The van der Waals surface area contributed by atoms with Crippen molar-refractivity contribution < 1.29 is 9.59 Å². The molecule has 1 saturated carbocycles. The summed E-state index contributed by atoms with van der Waals surface area (Å²) in [5, 5.41) is 0. The maximum Gasteiger partial charge on any atom is 0.255 e. The quantitative estimate of drug-likeness (QED) is 0.582. The standard InChI is InChI=1S/C29H39N3O3/c1-29(2)20-31(26(33)14-13-21-9-8-10-21)16-15-23(29)18-32-19-25(28(35)30(3)4)24(17-27(32)34)22-11-6-5-7-12-22/h5-7,11-12,17,19,21,23H,8-10,13-16,18,20H2,1-4H3. The van der Waals surface area contributed by atoms with Gasteiger partial charge < -0.3 is 14.4 Å². The summed E-state index contributed by atoms with van der Waals surface area (Å²) < 4.78 is 1.70. The fourth-order valence-corrected chi connectivity index (χ4v) is 5.44. The predicted octanol–water partition coefficient (Wildman–Crippen LogP) is 4.67. The highest BCUT2D eigenvalue weighted by Crippen LogP contribution is 2.37. The number of piperidine rings is 1. The Balaban J connectivity index is 1.52. The zero-order valence-electron chi connectivity index (χ0n) is 21.6. The van der Waals surface area contributed by atoms with E-state index in [1.54, 1.807) is 35.8 Å². The van der Waals surface area contributed by atoms with Gasteiger partial charge in [0.2, 0.25) is 5.91 Å². The van der Waals surface area contributed by atoms with Crippen LogP contribution in [0, 0.1) is 17.3 Å². The number of amides is 2. The van der Waals surface area contributed by atoms with Gasteiger partial charge in [0.15, 0.2) is 0 Å². The number of aromatic nitrogens is 1. The fourth-order valence-electron chi connectivity index (χ4n) is 5.44. The van der Waals surface area contributed by atoms with E-state index in [0.29, 0.717) is 30.6 Å². The van der Waals surface area contributed by atoms with E-state index in [-0.39, 0.29) is 28.7 Å². The van der Waals surface area contributed by atoms with Crippen LogP contribution < -0.4 is 5.56 Å². The van der Waals surface area contributed by atoms with E-state index in [1.165, 1.54) is 19.3 Å². The Morgan fingerprint density at radius 2 is 1.80 bits per heavy atom. The molecule has 188 valence electrons. The molecule has 2 aromatic rings. The van der Waals surface area contributed by atoms with Crippen molar-refractivity contribution in [1.82, 2.24) is 14.4 Å². The number of rotatable bonds is 7. The molecule has 2 heterocycles. The largest absolute Gasteiger partial charge is 0.345 e. The molecule has 1 unspecified atom stereocenters. The van der Waals surface area contributed by atoms with Crippen LogP contribution in [-0.2, 0) is 11.3 Å². The van der Waals surface area contributed by atoms with E-state index >= 15 is 0 Å². The van der Waals surface area contributed by atoms with Crippen LogP contribution in [-0.4, -0.2) is 53.4 Å². The third-order valence-electron chi connectivity index (χ3n) is 8.06. The molecule has 0 spiro atoms. The number of hydrogen-bond donors (Lipinski definition) is 0. The van der Waals surface area contributed by atoms with Gasteiger partial charge in [0.25, 0.3) is 11.5 Å². The van der Waals surface area contributed by atoms with Crippen molar-refractivity contribution in [2.24, 2.45) is 17.3 Å². The molecule has 6 nitrogen and oxygen atoms in total. The molecular formula is C29H39N3O3. The highest BCUT2D eigenvalue weighted by molar-refractivity contribution is 6.00. The summed E-state index contributed by atoms with van der Waals surface area (Å²) >= 11 is 0. The van der Waals surface area contributed by atoms with Gasteiger partial charge >= 0.3 is 0 Å². The molecule has 0 radical (unpaired) electrons. The van der Waals surface area contributed by atoms with Gasteiger partial charge in [0.1, 0.15) is 0 Å². The van der Waals surface area contributed by atoms with Crippen molar-refractivity contribution in [3.8, 4) is 11.1 Å². The monoisotopic (exact) mass is 477 g/mol. The van der Waals surface area contributed by atoms with E-state index in [0.717, 1.165) is 30.9 Å². The topological polar surface area (TPSA) is 62.6 Å². The number of pyridine rings is 1. The highest BCUT2D eigenvalue weighted by atomic mass is 16.2. The SMILES string of the molecule is CN(C)C(=O)c1cn(CC2CCN(C(=O)CCC3CCC3)CC2(C)C)c(=O)cc1-c1ccccc1. The van der Waals surface area contributed by atoms with Gasteiger partial charge in [-0.05, 0) is 35.7 Å². The fraction of sp³-hybridized carbons (Fsp3) is 0.552. The predicted molar refractivity (Wildman–Crippen MR) is 139 cm³/mol. The summed E-state index contributed by atoms with van der Waals surface area (Å²) in [7, 11) is 3.46. The lowest BCUT2D eigenvalue weighted by molar-refractivity contribution is -0.136. The first kappa shape index (κ1) is 25.2. The third kappa shape index (κ3) is 5.68. The van der Waals surface area contributed by atoms with Gasteiger partial charge in [0, 0.05) is 58.0 Å². The van der Waals surface area contributed by atoms with Crippen LogP contribution in [0.3, 0.4) is 0 Å².